The molecular formula is C32H32BrF3N2O4. The summed E-state index contributed by atoms with van der Waals surface area (Å²) in [7, 11) is 0. The molecule has 10 heteroatoms. The van der Waals surface area contributed by atoms with Gasteiger partial charge < -0.3 is 15.7 Å². The first kappa shape index (κ1) is 31.3. The fourth-order valence-corrected chi connectivity index (χ4v) is 5.76. The molecule has 42 heavy (non-hydrogen) atoms. The molecule has 222 valence electrons. The van der Waals surface area contributed by atoms with Crippen LogP contribution in [-0.2, 0) is 22.2 Å². The molecule has 0 spiro atoms. The Bertz CT molecular complexity index is 1400. The van der Waals surface area contributed by atoms with E-state index in [4.69, 9.17) is 5.11 Å². The number of benzene rings is 3. The Morgan fingerprint density at radius 1 is 0.929 bits per heavy atom. The molecule has 0 heterocycles. The number of anilines is 1. The summed E-state index contributed by atoms with van der Waals surface area (Å²) in [6.07, 6.45) is 1.37. The Balaban J connectivity index is 1.56. The van der Waals surface area contributed by atoms with Crippen LogP contribution in [0.4, 0.5) is 18.9 Å². The average Bonchev–Trinajstić information content (AvgIpc) is 2.96. The molecule has 3 aromatic rings. The number of carboxylic acids is 1. The molecule has 1 atom stereocenters. The van der Waals surface area contributed by atoms with Gasteiger partial charge in [0.05, 0.1) is 17.9 Å². The van der Waals surface area contributed by atoms with E-state index < -0.39 is 35.4 Å². The summed E-state index contributed by atoms with van der Waals surface area (Å²) in [5, 5.41) is 14.0. The third-order valence-electron chi connectivity index (χ3n) is 7.50. The lowest BCUT2D eigenvalue weighted by Gasteiger charge is -2.23. The van der Waals surface area contributed by atoms with Crippen molar-refractivity contribution in [1.82, 2.24) is 5.32 Å². The zero-order valence-corrected chi connectivity index (χ0v) is 24.4. The topological polar surface area (TPSA) is 95.5 Å². The van der Waals surface area contributed by atoms with Gasteiger partial charge in [0, 0.05) is 22.3 Å². The van der Waals surface area contributed by atoms with Gasteiger partial charge in [-0.15, -0.1) is 0 Å². The van der Waals surface area contributed by atoms with Gasteiger partial charge in [0.25, 0.3) is 5.91 Å². The van der Waals surface area contributed by atoms with Crippen LogP contribution < -0.4 is 10.6 Å². The van der Waals surface area contributed by atoms with Crippen molar-refractivity contribution in [3.05, 3.63) is 99.0 Å². The fourth-order valence-electron chi connectivity index (χ4n) is 5.27. The molecule has 6 nitrogen and oxygen atoms in total. The van der Waals surface area contributed by atoms with Crippen molar-refractivity contribution < 1.29 is 32.7 Å². The number of hydrogen-bond acceptors (Lipinski definition) is 3. The van der Waals surface area contributed by atoms with E-state index in [1.54, 1.807) is 24.3 Å². The van der Waals surface area contributed by atoms with Crippen LogP contribution >= 0.6 is 15.9 Å². The molecule has 1 aliphatic carbocycles. The molecule has 1 unspecified atom stereocenters. The normalized spacial score (nSPS) is 14.7. The molecule has 0 saturated heterocycles. The van der Waals surface area contributed by atoms with Crippen LogP contribution in [0.15, 0.2) is 71.2 Å². The van der Waals surface area contributed by atoms with Gasteiger partial charge in [0.1, 0.15) is 0 Å². The molecule has 4 rings (SSSR count). The van der Waals surface area contributed by atoms with Crippen molar-refractivity contribution in [2.45, 2.75) is 63.0 Å². The minimum Gasteiger partial charge on any atom is -0.481 e. The highest BCUT2D eigenvalue weighted by Gasteiger charge is 2.31. The van der Waals surface area contributed by atoms with Gasteiger partial charge in [-0.1, -0.05) is 71.6 Å². The number of alkyl halides is 3. The van der Waals surface area contributed by atoms with Crippen molar-refractivity contribution in [1.29, 1.82) is 0 Å². The average molecular weight is 646 g/mol. The van der Waals surface area contributed by atoms with E-state index >= 15 is 0 Å². The Hall–Kier alpha value is -3.66. The molecular weight excluding hydrogens is 613 g/mol. The van der Waals surface area contributed by atoms with E-state index in [9.17, 15) is 27.6 Å². The summed E-state index contributed by atoms with van der Waals surface area (Å²) in [5.74, 6) is -2.11. The highest BCUT2D eigenvalue weighted by Crippen LogP contribution is 2.35. The number of nitrogens with one attached hydrogen (secondary N) is 2. The first-order chi connectivity index (χ1) is 20.0. The lowest BCUT2D eigenvalue weighted by Crippen LogP contribution is -2.26. The maximum atomic E-state index is 13.6. The van der Waals surface area contributed by atoms with Crippen molar-refractivity contribution in [2.24, 2.45) is 0 Å². The van der Waals surface area contributed by atoms with Gasteiger partial charge in [-0.3, -0.25) is 14.4 Å². The highest BCUT2D eigenvalue weighted by molar-refractivity contribution is 9.10. The second-order valence-electron chi connectivity index (χ2n) is 10.6. The standard InChI is InChI=1S/C32H32BrF3N2O4/c33-26-17-25(32(34,35)36)18-27(19-26)38-31(42)28(23-12-10-22(11-13-23)21-4-2-1-3-5-21)16-20-6-8-24(9-7-20)30(41)37-15-14-29(39)40/h6-13,17-19,21,28H,1-5,14-16H2,(H,37,41)(H,38,42)(H,39,40). The number of hydrogen-bond donors (Lipinski definition) is 3. The minimum atomic E-state index is -4.57. The Morgan fingerprint density at radius 2 is 1.60 bits per heavy atom. The number of carbonyl (C=O) groups excluding carboxylic acids is 2. The third-order valence-corrected chi connectivity index (χ3v) is 7.96. The molecule has 3 N–H and O–H groups in total. The first-order valence-corrected chi connectivity index (χ1v) is 14.7. The lowest BCUT2D eigenvalue weighted by atomic mass is 9.83. The molecule has 0 radical (unpaired) electrons. The largest absolute Gasteiger partial charge is 0.481 e. The zero-order valence-electron chi connectivity index (χ0n) is 22.8. The molecule has 2 amide bonds. The predicted octanol–water partition coefficient (Wildman–Crippen LogP) is 7.69. The highest BCUT2D eigenvalue weighted by atomic mass is 79.9. The summed E-state index contributed by atoms with van der Waals surface area (Å²) < 4.78 is 40.4. The second kappa shape index (κ2) is 14.0. The maximum Gasteiger partial charge on any atom is 0.416 e. The summed E-state index contributed by atoms with van der Waals surface area (Å²) in [4.78, 5) is 36.6. The Kier molecular flexibility index (Phi) is 10.4. The van der Waals surface area contributed by atoms with Crippen LogP contribution in [0.5, 0.6) is 0 Å². The van der Waals surface area contributed by atoms with Gasteiger partial charge >= 0.3 is 12.1 Å². The Morgan fingerprint density at radius 3 is 2.21 bits per heavy atom. The molecule has 0 aliphatic heterocycles. The number of amides is 2. The third kappa shape index (κ3) is 8.67. The maximum absolute atomic E-state index is 13.6. The molecule has 1 saturated carbocycles. The van der Waals surface area contributed by atoms with Gasteiger partial charge in [-0.2, -0.15) is 13.2 Å². The van der Waals surface area contributed by atoms with E-state index in [1.165, 1.54) is 30.9 Å². The van der Waals surface area contributed by atoms with Crippen LogP contribution in [0.2, 0.25) is 0 Å². The zero-order chi connectivity index (χ0) is 30.3. The van der Waals surface area contributed by atoms with E-state index in [2.05, 4.69) is 26.6 Å². The molecule has 0 bridgehead atoms. The van der Waals surface area contributed by atoms with E-state index in [1.807, 2.05) is 24.3 Å². The summed E-state index contributed by atoms with van der Waals surface area (Å²) in [6, 6.07) is 17.8. The smallest absolute Gasteiger partial charge is 0.416 e. The van der Waals surface area contributed by atoms with Crippen molar-refractivity contribution in [3.63, 3.8) is 0 Å². The van der Waals surface area contributed by atoms with Crippen LogP contribution in [-0.4, -0.2) is 29.4 Å². The van der Waals surface area contributed by atoms with Crippen LogP contribution in [0.1, 0.15) is 83.0 Å². The van der Waals surface area contributed by atoms with Gasteiger partial charge in [-0.25, -0.2) is 0 Å². The van der Waals surface area contributed by atoms with E-state index in [0.717, 1.165) is 36.1 Å². The molecule has 1 fully saturated rings. The number of rotatable bonds is 10. The first-order valence-electron chi connectivity index (χ1n) is 13.9. The SMILES string of the molecule is O=C(O)CCNC(=O)c1ccc(CC(C(=O)Nc2cc(Br)cc(C(F)(F)F)c2)c2ccc(C3CCCCC3)cc2)cc1. The summed E-state index contributed by atoms with van der Waals surface area (Å²) >= 11 is 3.10. The fraction of sp³-hybridized carbons (Fsp3) is 0.344. The number of aliphatic carboxylic acids is 1. The van der Waals surface area contributed by atoms with Crippen molar-refractivity contribution in [2.75, 3.05) is 11.9 Å². The van der Waals surface area contributed by atoms with Crippen molar-refractivity contribution in [3.8, 4) is 0 Å². The van der Waals surface area contributed by atoms with Crippen LogP contribution in [0.25, 0.3) is 0 Å². The summed E-state index contributed by atoms with van der Waals surface area (Å²) in [6.45, 7) is 0.000664. The van der Waals surface area contributed by atoms with Crippen molar-refractivity contribution >= 4 is 39.4 Å². The quantitative estimate of drug-likeness (QED) is 0.211. The second-order valence-corrected chi connectivity index (χ2v) is 11.5. The van der Waals surface area contributed by atoms with E-state index in [0.29, 0.717) is 11.5 Å². The lowest BCUT2D eigenvalue weighted by molar-refractivity contribution is -0.138. The van der Waals surface area contributed by atoms with Crippen LogP contribution in [0.3, 0.4) is 0 Å². The van der Waals surface area contributed by atoms with Crippen LogP contribution in [0, 0.1) is 0 Å². The monoisotopic (exact) mass is 644 g/mol. The van der Waals surface area contributed by atoms with Gasteiger partial charge in [0.2, 0.25) is 5.91 Å². The van der Waals surface area contributed by atoms with Gasteiger partial charge in [-0.05, 0) is 72.2 Å². The predicted molar refractivity (Wildman–Crippen MR) is 158 cm³/mol. The number of halogens is 4. The Labute approximate surface area is 250 Å². The van der Waals surface area contributed by atoms with E-state index in [-0.39, 0.29) is 29.5 Å². The molecule has 3 aromatic carbocycles. The molecule has 1 aliphatic rings. The summed E-state index contributed by atoms with van der Waals surface area (Å²) in [5.41, 5.74) is 2.19. The minimum absolute atomic E-state index is 0.000664. The van der Waals surface area contributed by atoms with Gasteiger partial charge in [0.15, 0.2) is 0 Å². The number of carbonyl (C=O) groups is 3. The molecule has 0 aromatic heterocycles. The number of carboxylic acid groups (broad SMARTS) is 1.